The lowest BCUT2D eigenvalue weighted by Crippen LogP contribution is -2.50. The fourth-order valence-corrected chi connectivity index (χ4v) is 3.38. The monoisotopic (exact) mass is 373 g/mol. The van der Waals surface area contributed by atoms with Crippen molar-refractivity contribution >= 4 is 29.1 Å². The van der Waals surface area contributed by atoms with Crippen molar-refractivity contribution in [3.05, 3.63) is 27.7 Å². The van der Waals surface area contributed by atoms with Crippen molar-refractivity contribution in [3.8, 4) is 5.75 Å². The van der Waals surface area contributed by atoms with Gasteiger partial charge in [0.15, 0.2) is 0 Å². The fraction of sp³-hybridized carbons (Fsp3) is 0.588. The molecule has 2 rings (SSSR count). The van der Waals surface area contributed by atoms with Gasteiger partial charge in [-0.05, 0) is 30.7 Å². The van der Waals surface area contributed by atoms with E-state index in [2.05, 4.69) is 0 Å². The molecule has 5 nitrogen and oxygen atoms in total. The van der Waals surface area contributed by atoms with Crippen LogP contribution >= 0.6 is 23.2 Å². The number of aromatic hydroxyl groups is 1. The summed E-state index contributed by atoms with van der Waals surface area (Å²) >= 11 is 11.9. The summed E-state index contributed by atoms with van der Waals surface area (Å²) in [5.74, 6) is 0.324. The lowest BCUT2D eigenvalue weighted by Gasteiger charge is -2.36. The van der Waals surface area contributed by atoms with Crippen LogP contribution in [0.5, 0.6) is 5.75 Å². The molecular weight excluding hydrogens is 349 g/mol. The number of rotatable bonds is 4. The van der Waals surface area contributed by atoms with E-state index in [9.17, 15) is 9.90 Å². The first kappa shape index (κ1) is 19.3. The first-order valence-corrected chi connectivity index (χ1v) is 8.95. The number of carbonyl (C=O) groups is 1. The number of likely N-dealkylation sites (tertiary alicyclic amines) is 1. The number of nitrogens with zero attached hydrogens (tertiary/aromatic N) is 1. The van der Waals surface area contributed by atoms with Crippen molar-refractivity contribution in [1.82, 2.24) is 4.90 Å². The third-order valence-corrected chi connectivity index (χ3v) is 5.51. The molecule has 1 fully saturated rings. The van der Waals surface area contributed by atoms with Gasteiger partial charge in [-0.1, -0.05) is 37.0 Å². The average molecular weight is 374 g/mol. The Labute approximate surface area is 152 Å². The first-order chi connectivity index (χ1) is 11.2. The molecular formula is C17H25Cl2N3O2. The summed E-state index contributed by atoms with van der Waals surface area (Å²) < 4.78 is 0. The third kappa shape index (κ3) is 4.14. The van der Waals surface area contributed by atoms with Crippen molar-refractivity contribution in [1.29, 1.82) is 0 Å². The average Bonchev–Trinajstić information content (AvgIpc) is 2.56. The van der Waals surface area contributed by atoms with Gasteiger partial charge in [-0.25, -0.2) is 0 Å². The zero-order chi connectivity index (χ0) is 18.0. The van der Waals surface area contributed by atoms with E-state index in [-0.39, 0.29) is 29.5 Å². The van der Waals surface area contributed by atoms with Crippen LogP contribution in [-0.4, -0.2) is 35.0 Å². The topological polar surface area (TPSA) is 92.6 Å². The minimum Gasteiger partial charge on any atom is -0.508 e. The molecule has 2 atom stereocenters. The summed E-state index contributed by atoms with van der Waals surface area (Å²) in [6, 6.07) is 2.22. The van der Waals surface area contributed by atoms with E-state index in [0.717, 1.165) is 12.8 Å². The molecule has 1 amide bonds. The van der Waals surface area contributed by atoms with Crippen molar-refractivity contribution in [2.75, 3.05) is 13.1 Å². The number of phenolic OH excluding ortho intramolecular Hbond substituents is 1. The number of carbonyl (C=O) groups excluding carboxylic acids is 1. The quantitative estimate of drug-likeness (QED) is 0.756. The maximum atomic E-state index is 12.3. The highest BCUT2D eigenvalue weighted by molar-refractivity contribution is 6.42. The molecule has 0 saturated carbocycles. The summed E-state index contributed by atoms with van der Waals surface area (Å²) in [6.07, 6.45) is 1.52. The van der Waals surface area contributed by atoms with Gasteiger partial charge in [0.2, 0.25) is 5.91 Å². The van der Waals surface area contributed by atoms with E-state index < -0.39 is 6.04 Å². The molecule has 1 aliphatic heterocycles. The number of hydrogen-bond acceptors (Lipinski definition) is 4. The lowest BCUT2D eigenvalue weighted by molar-refractivity contribution is -0.135. The summed E-state index contributed by atoms with van der Waals surface area (Å²) in [6.45, 7) is 5.13. The molecule has 1 aromatic rings. The molecule has 134 valence electrons. The summed E-state index contributed by atoms with van der Waals surface area (Å²) in [7, 11) is 0. The summed E-state index contributed by atoms with van der Waals surface area (Å²) in [4.78, 5) is 14.1. The number of halogens is 2. The maximum absolute atomic E-state index is 12.3. The highest BCUT2D eigenvalue weighted by Crippen LogP contribution is 2.37. The smallest absolute Gasteiger partial charge is 0.239 e. The molecule has 5 N–H and O–H groups in total. The van der Waals surface area contributed by atoms with Crippen molar-refractivity contribution in [3.63, 3.8) is 0 Å². The fourth-order valence-electron chi connectivity index (χ4n) is 3.05. The van der Waals surface area contributed by atoms with Gasteiger partial charge in [0, 0.05) is 30.8 Å². The highest BCUT2D eigenvalue weighted by Gasteiger charge is 2.31. The zero-order valence-electron chi connectivity index (χ0n) is 14.0. The van der Waals surface area contributed by atoms with Gasteiger partial charge < -0.3 is 21.5 Å². The minimum absolute atomic E-state index is 0.00518. The van der Waals surface area contributed by atoms with Crippen LogP contribution in [0.15, 0.2) is 12.1 Å². The molecule has 0 spiro atoms. The van der Waals surface area contributed by atoms with Crippen LogP contribution in [0.25, 0.3) is 0 Å². The van der Waals surface area contributed by atoms with E-state index in [1.165, 1.54) is 6.07 Å². The largest absolute Gasteiger partial charge is 0.508 e. The number of phenols is 1. The Kier molecular flexibility index (Phi) is 6.37. The number of nitrogens with two attached hydrogens (primary N) is 2. The molecule has 7 heteroatoms. The highest BCUT2D eigenvalue weighted by atomic mass is 35.5. The standard InChI is InChI=1S/C17H25Cl2N3O2/c1-9(2)15(20)17(24)22-5-3-10(4-6-22)16(21)11-7-12(18)13(19)8-14(11)23/h7-10,15-16,23H,3-6,20-21H2,1-2H3/t15?,16-/m1/s1. The van der Waals surface area contributed by atoms with Gasteiger partial charge in [0.1, 0.15) is 5.75 Å². The molecule has 24 heavy (non-hydrogen) atoms. The van der Waals surface area contributed by atoms with E-state index >= 15 is 0 Å². The third-order valence-electron chi connectivity index (χ3n) is 4.79. The SMILES string of the molecule is CC(C)C(N)C(=O)N1CCC([C@@H](N)c2cc(Cl)c(Cl)cc2O)CC1. The number of hydrogen-bond donors (Lipinski definition) is 3. The normalized spacial score (nSPS) is 18.7. The minimum atomic E-state index is -0.464. The van der Waals surface area contributed by atoms with E-state index in [4.69, 9.17) is 34.7 Å². The molecule has 0 bridgehead atoms. The Bertz CT molecular complexity index is 602. The molecule has 1 heterocycles. The maximum Gasteiger partial charge on any atom is 0.239 e. The van der Waals surface area contributed by atoms with E-state index in [1.807, 2.05) is 18.7 Å². The van der Waals surface area contributed by atoms with Gasteiger partial charge in [-0.3, -0.25) is 4.79 Å². The van der Waals surface area contributed by atoms with Crippen molar-refractivity contribution in [2.45, 2.75) is 38.8 Å². The second-order valence-electron chi connectivity index (χ2n) is 6.78. The number of amides is 1. The Balaban J connectivity index is 2.02. The molecule has 0 aliphatic carbocycles. The second kappa shape index (κ2) is 7.91. The van der Waals surface area contributed by atoms with Gasteiger partial charge in [0.25, 0.3) is 0 Å². The van der Waals surface area contributed by atoms with Crippen molar-refractivity contribution < 1.29 is 9.90 Å². The Morgan fingerprint density at radius 2 is 1.75 bits per heavy atom. The lowest BCUT2D eigenvalue weighted by atomic mass is 9.85. The molecule has 1 aliphatic rings. The molecule has 1 saturated heterocycles. The van der Waals surface area contributed by atoms with Crippen LogP contribution in [0.2, 0.25) is 10.0 Å². The van der Waals surface area contributed by atoms with Crippen LogP contribution in [0, 0.1) is 11.8 Å². The Morgan fingerprint density at radius 3 is 2.29 bits per heavy atom. The van der Waals surface area contributed by atoms with Crippen molar-refractivity contribution in [2.24, 2.45) is 23.3 Å². The predicted octanol–water partition coefficient (Wildman–Crippen LogP) is 2.92. The van der Waals surface area contributed by atoms with Crippen LogP contribution in [0.4, 0.5) is 0 Å². The van der Waals surface area contributed by atoms with Gasteiger partial charge in [0.05, 0.1) is 16.1 Å². The van der Waals surface area contributed by atoms with Gasteiger partial charge in [-0.2, -0.15) is 0 Å². The van der Waals surface area contributed by atoms with Crippen LogP contribution < -0.4 is 11.5 Å². The van der Waals surface area contributed by atoms with E-state index in [0.29, 0.717) is 28.7 Å². The molecule has 1 aromatic carbocycles. The second-order valence-corrected chi connectivity index (χ2v) is 7.60. The Hall–Kier alpha value is -1.01. The summed E-state index contributed by atoms with van der Waals surface area (Å²) in [5, 5.41) is 10.8. The van der Waals surface area contributed by atoms with Gasteiger partial charge >= 0.3 is 0 Å². The van der Waals surface area contributed by atoms with Crippen LogP contribution in [0.3, 0.4) is 0 Å². The van der Waals surface area contributed by atoms with Crippen LogP contribution in [-0.2, 0) is 4.79 Å². The Morgan fingerprint density at radius 1 is 1.21 bits per heavy atom. The molecule has 1 unspecified atom stereocenters. The zero-order valence-corrected chi connectivity index (χ0v) is 15.5. The first-order valence-electron chi connectivity index (χ1n) is 8.20. The predicted molar refractivity (Wildman–Crippen MR) is 97.2 cm³/mol. The molecule has 0 aromatic heterocycles. The van der Waals surface area contributed by atoms with Gasteiger partial charge in [-0.15, -0.1) is 0 Å². The van der Waals surface area contributed by atoms with E-state index in [1.54, 1.807) is 6.07 Å². The molecule has 0 radical (unpaired) electrons. The summed E-state index contributed by atoms with van der Waals surface area (Å²) in [5.41, 5.74) is 12.9. The number of piperidine rings is 1. The van der Waals surface area contributed by atoms with Crippen LogP contribution in [0.1, 0.15) is 38.3 Å². The number of benzene rings is 1.